The molecule has 7 heteroatoms. The standard InChI is InChI=1S/C20H26N4O3/c1-12-6-7-22-20(25)26-11-15-8-13(2-3-14(15)10-21)19-17-9-16(27-12)4-5-18(17)23-24-19/h2-3,8,12,16-19,23-24H,4-7,9,11H2,1H3,(H,22,25)/t12-,16?,17?,18?,19?/m1/s1. The SMILES string of the molecule is C[C@@H]1CCNC(=O)OCc2cc(ccc2C#N)C2NNC3CCC(CC32)O1. The molecule has 2 aliphatic heterocycles. The lowest BCUT2D eigenvalue weighted by Gasteiger charge is -2.34. The Bertz CT molecular complexity index is 747. The van der Waals surface area contributed by atoms with E-state index in [1.165, 1.54) is 0 Å². The molecule has 1 saturated carbocycles. The highest BCUT2D eigenvalue weighted by atomic mass is 16.5. The average molecular weight is 370 g/mol. The van der Waals surface area contributed by atoms with E-state index in [-0.39, 0.29) is 24.9 Å². The summed E-state index contributed by atoms with van der Waals surface area (Å²) in [6.07, 6.45) is 3.72. The van der Waals surface area contributed by atoms with Crippen molar-refractivity contribution in [1.82, 2.24) is 16.2 Å². The van der Waals surface area contributed by atoms with Gasteiger partial charge in [0.15, 0.2) is 0 Å². The fourth-order valence-corrected chi connectivity index (χ4v) is 4.47. The number of carbonyl (C=O) groups is 1. The summed E-state index contributed by atoms with van der Waals surface area (Å²) >= 11 is 0. The summed E-state index contributed by atoms with van der Waals surface area (Å²) < 4.78 is 11.6. The van der Waals surface area contributed by atoms with E-state index in [9.17, 15) is 10.1 Å². The van der Waals surface area contributed by atoms with Crippen LogP contribution in [0.5, 0.6) is 0 Å². The number of hydrogen-bond acceptors (Lipinski definition) is 6. The summed E-state index contributed by atoms with van der Waals surface area (Å²) in [6, 6.07) is 8.58. The molecular weight excluding hydrogens is 344 g/mol. The predicted molar refractivity (Wildman–Crippen MR) is 98.4 cm³/mol. The van der Waals surface area contributed by atoms with Crippen LogP contribution >= 0.6 is 0 Å². The van der Waals surface area contributed by atoms with Gasteiger partial charge < -0.3 is 14.8 Å². The van der Waals surface area contributed by atoms with Gasteiger partial charge in [0, 0.05) is 18.2 Å². The second kappa shape index (κ2) is 7.85. The molecule has 1 aliphatic carbocycles. The minimum absolute atomic E-state index is 0.0870. The highest BCUT2D eigenvalue weighted by Crippen LogP contribution is 2.39. The zero-order chi connectivity index (χ0) is 18.8. The zero-order valence-corrected chi connectivity index (χ0v) is 15.5. The molecule has 4 rings (SSSR count). The number of hydrazine groups is 1. The fraction of sp³-hybridized carbons (Fsp3) is 0.600. The molecule has 1 aromatic carbocycles. The third-order valence-electron chi connectivity index (χ3n) is 5.92. The lowest BCUT2D eigenvalue weighted by molar-refractivity contribution is -0.0380. The van der Waals surface area contributed by atoms with E-state index in [0.717, 1.165) is 36.8 Å². The van der Waals surface area contributed by atoms with Crippen molar-refractivity contribution in [1.29, 1.82) is 5.26 Å². The van der Waals surface area contributed by atoms with Gasteiger partial charge >= 0.3 is 6.09 Å². The number of cyclic esters (lactones) is 1. The third-order valence-corrected chi connectivity index (χ3v) is 5.92. The van der Waals surface area contributed by atoms with Crippen LogP contribution in [-0.2, 0) is 16.1 Å². The summed E-state index contributed by atoms with van der Waals surface area (Å²) in [5.74, 6) is 0.433. The molecule has 5 atom stereocenters. The normalized spacial score (nSPS) is 33.8. The second-order valence-electron chi connectivity index (χ2n) is 7.74. The van der Waals surface area contributed by atoms with Gasteiger partial charge in [-0.15, -0.1) is 0 Å². The van der Waals surface area contributed by atoms with Crippen LogP contribution in [0, 0.1) is 17.2 Å². The van der Waals surface area contributed by atoms with E-state index >= 15 is 0 Å². The van der Waals surface area contributed by atoms with Crippen LogP contribution in [0.1, 0.15) is 55.3 Å². The topological polar surface area (TPSA) is 95.4 Å². The Kier molecular flexibility index (Phi) is 5.30. The van der Waals surface area contributed by atoms with Crippen molar-refractivity contribution in [2.75, 3.05) is 6.54 Å². The van der Waals surface area contributed by atoms with Crippen molar-refractivity contribution in [3.63, 3.8) is 0 Å². The van der Waals surface area contributed by atoms with Crippen molar-refractivity contribution in [2.45, 2.75) is 63.5 Å². The van der Waals surface area contributed by atoms with Gasteiger partial charge in [0.25, 0.3) is 0 Å². The maximum absolute atomic E-state index is 12.0. The number of alkyl carbamates (subject to hydrolysis) is 1. The molecule has 27 heavy (non-hydrogen) atoms. The largest absolute Gasteiger partial charge is 0.445 e. The zero-order valence-electron chi connectivity index (χ0n) is 15.5. The Balaban J connectivity index is 1.64. The molecule has 3 N–H and O–H groups in total. The molecule has 2 heterocycles. The number of nitrogens with one attached hydrogen (secondary N) is 3. The highest BCUT2D eigenvalue weighted by Gasteiger charge is 2.41. The molecule has 144 valence electrons. The molecule has 7 nitrogen and oxygen atoms in total. The van der Waals surface area contributed by atoms with Gasteiger partial charge in [0.05, 0.1) is 29.9 Å². The van der Waals surface area contributed by atoms with Crippen LogP contribution < -0.4 is 16.2 Å². The lowest BCUT2D eigenvalue weighted by Crippen LogP contribution is -2.38. The van der Waals surface area contributed by atoms with Gasteiger partial charge in [0.2, 0.25) is 0 Å². The van der Waals surface area contributed by atoms with Crippen LogP contribution in [0.4, 0.5) is 4.79 Å². The van der Waals surface area contributed by atoms with Gasteiger partial charge in [0.1, 0.15) is 6.61 Å². The van der Waals surface area contributed by atoms with Crippen molar-refractivity contribution in [3.05, 3.63) is 34.9 Å². The summed E-state index contributed by atoms with van der Waals surface area (Å²) in [4.78, 5) is 12.0. The number of benzene rings is 1. The van der Waals surface area contributed by atoms with Crippen LogP contribution in [0.3, 0.4) is 0 Å². The Labute approximate surface area is 159 Å². The fourth-order valence-electron chi connectivity index (χ4n) is 4.47. The average Bonchev–Trinajstić information content (AvgIpc) is 3.08. The van der Waals surface area contributed by atoms with Crippen molar-refractivity contribution < 1.29 is 14.3 Å². The number of hydrogen-bond donors (Lipinski definition) is 3. The number of nitrogens with zero attached hydrogens (tertiary/aromatic N) is 1. The third kappa shape index (κ3) is 3.93. The van der Waals surface area contributed by atoms with Crippen LogP contribution in [0.2, 0.25) is 0 Å². The quantitative estimate of drug-likeness (QED) is 0.648. The maximum atomic E-state index is 12.0. The van der Waals surface area contributed by atoms with E-state index < -0.39 is 6.09 Å². The van der Waals surface area contributed by atoms with E-state index in [4.69, 9.17) is 9.47 Å². The summed E-state index contributed by atoms with van der Waals surface area (Å²) in [6.45, 7) is 2.66. The van der Waals surface area contributed by atoms with Crippen molar-refractivity contribution in [3.8, 4) is 6.07 Å². The number of ether oxygens (including phenoxy) is 2. The molecule has 1 saturated heterocycles. The first-order valence-electron chi connectivity index (χ1n) is 9.74. The van der Waals surface area contributed by atoms with Gasteiger partial charge in [-0.1, -0.05) is 6.07 Å². The van der Waals surface area contributed by atoms with E-state index in [0.29, 0.717) is 24.1 Å². The number of nitriles is 1. The summed E-state index contributed by atoms with van der Waals surface area (Å²) in [7, 11) is 0. The Morgan fingerprint density at radius 1 is 1.22 bits per heavy atom. The molecule has 1 amide bonds. The number of fused-ring (bicyclic) bond motifs is 4. The van der Waals surface area contributed by atoms with E-state index in [1.54, 1.807) is 0 Å². The van der Waals surface area contributed by atoms with E-state index in [2.05, 4.69) is 29.2 Å². The number of rotatable bonds is 0. The lowest BCUT2D eigenvalue weighted by atomic mass is 9.78. The molecule has 0 aromatic heterocycles. The Hall–Kier alpha value is -2.14. The monoisotopic (exact) mass is 370 g/mol. The first-order chi connectivity index (χ1) is 13.1. The minimum Gasteiger partial charge on any atom is -0.445 e. The van der Waals surface area contributed by atoms with Crippen molar-refractivity contribution >= 4 is 6.09 Å². The minimum atomic E-state index is -0.467. The number of carbonyl (C=O) groups excluding carboxylic acids is 1. The van der Waals surface area contributed by atoms with Gasteiger partial charge in [-0.3, -0.25) is 5.43 Å². The van der Waals surface area contributed by atoms with Crippen LogP contribution in [-0.4, -0.2) is 30.9 Å². The summed E-state index contributed by atoms with van der Waals surface area (Å²) in [5, 5.41) is 12.2. The van der Waals surface area contributed by atoms with E-state index in [1.807, 2.05) is 18.2 Å². The maximum Gasteiger partial charge on any atom is 0.407 e. The molecular formula is C20H26N4O3. The van der Waals surface area contributed by atoms with Crippen molar-refractivity contribution in [2.24, 2.45) is 5.92 Å². The highest BCUT2D eigenvalue weighted by molar-refractivity contribution is 5.67. The first-order valence-corrected chi connectivity index (χ1v) is 9.74. The number of amides is 1. The van der Waals surface area contributed by atoms with Gasteiger partial charge in [-0.25, -0.2) is 10.2 Å². The molecule has 2 fully saturated rings. The molecule has 4 unspecified atom stereocenters. The van der Waals surface area contributed by atoms with Crippen LogP contribution in [0.25, 0.3) is 0 Å². The van der Waals surface area contributed by atoms with Gasteiger partial charge in [-0.2, -0.15) is 5.26 Å². The molecule has 4 bridgehead atoms. The Morgan fingerprint density at radius 2 is 2.11 bits per heavy atom. The molecule has 0 spiro atoms. The summed E-state index contributed by atoms with van der Waals surface area (Å²) in [5.41, 5.74) is 9.26. The second-order valence-corrected chi connectivity index (χ2v) is 7.74. The van der Waals surface area contributed by atoms with Crippen LogP contribution in [0.15, 0.2) is 18.2 Å². The molecule has 3 aliphatic rings. The van der Waals surface area contributed by atoms with Gasteiger partial charge in [-0.05, 0) is 56.2 Å². The predicted octanol–water partition coefficient (Wildman–Crippen LogP) is 2.28. The molecule has 0 radical (unpaired) electrons. The first kappa shape index (κ1) is 18.2. The Morgan fingerprint density at radius 3 is 2.96 bits per heavy atom. The smallest absolute Gasteiger partial charge is 0.407 e. The molecule has 1 aromatic rings.